The number of hydrogen-bond donors (Lipinski definition) is 0. The molecule has 0 bridgehead atoms. The van der Waals surface area contributed by atoms with Crippen molar-refractivity contribution in [2.45, 2.75) is 40.5 Å². The van der Waals surface area contributed by atoms with Crippen molar-refractivity contribution in [1.29, 1.82) is 0 Å². The topological polar surface area (TPSA) is 0 Å². The SMILES string of the molecule is C=CC(C)C(C)(C)CCC. The highest BCUT2D eigenvalue weighted by molar-refractivity contribution is 4.86. The van der Waals surface area contributed by atoms with Crippen molar-refractivity contribution >= 4 is 0 Å². The molecule has 0 nitrogen and oxygen atoms in total. The Bertz CT molecular complexity index is 101. The highest BCUT2D eigenvalue weighted by Crippen LogP contribution is 2.31. The minimum atomic E-state index is 0.441. The van der Waals surface area contributed by atoms with Gasteiger partial charge in [0.15, 0.2) is 0 Å². The van der Waals surface area contributed by atoms with Crippen LogP contribution in [-0.4, -0.2) is 0 Å². The van der Waals surface area contributed by atoms with E-state index in [0.29, 0.717) is 11.3 Å². The maximum atomic E-state index is 3.81. The Balaban J connectivity index is 3.94. The minimum absolute atomic E-state index is 0.441. The monoisotopic (exact) mass is 140 g/mol. The van der Waals surface area contributed by atoms with Crippen LogP contribution in [0.5, 0.6) is 0 Å². The quantitative estimate of drug-likeness (QED) is 0.523. The average Bonchev–Trinajstić information content (AvgIpc) is 1.86. The molecule has 0 N–H and O–H groups in total. The van der Waals surface area contributed by atoms with Gasteiger partial charge >= 0.3 is 0 Å². The maximum Gasteiger partial charge on any atom is -0.0213 e. The fourth-order valence-electron chi connectivity index (χ4n) is 1.19. The molecular formula is C10H20. The molecule has 0 aromatic rings. The van der Waals surface area contributed by atoms with Crippen molar-refractivity contribution in [3.8, 4) is 0 Å². The molecule has 0 spiro atoms. The third-order valence-corrected chi connectivity index (χ3v) is 2.48. The van der Waals surface area contributed by atoms with Gasteiger partial charge in [0, 0.05) is 0 Å². The lowest BCUT2D eigenvalue weighted by Gasteiger charge is -2.29. The van der Waals surface area contributed by atoms with Crippen LogP contribution in [0, 0.1) is 11.3 Å². The van der Waals surface area contributed by atoms with Gasteiger partial charge in [-0.15, -0.1) is 6.58 Å². The van der Waals surface area contributed by atoms with Gasteiger partial charge in [-0.25, -0.2) is 0 Å². The zero-order valence-corrected chi connectivity index (χ0v) is 7.78. The van der Waals surface area contributed by atoms with E-state index in [1.54, 1.807) is 0 Å². The zero-order valence-electron chi connectivity index (χ0n) is 7.78. The highest BCUT2D eigenvalue weighted by Gasteiger charge is 2.21. The van der Waals surface area contributed by atoms with E-state index in [4.69, 9.17) is 0 Å². The molecule has 0 heterocycles. The molecule has 0 aliphatic heterocycles. The molecule has 0 saturated carbocycles. The summed E-state index contributed by atoms with van der Waals surface area (Å²) in [5, 5.41) is 0. The van der Waals surface area contributed by atoms with E-state index in [-0.39, 0.29) is 0 Å². The van der Waals surface area contributed by atoms with Crippen molar-refractivity contribution < 1.29 is 0 Å². The van der Waals surface area contributed by atoms with Gasteiger partial charge in [-0.3, -0.25) is 0 Å². The standard InChI is InChI=1S/C10H20/c1-6-8-10(4,5)9(3)7-2/h7,9H,2,6,8H2,1,3-5H3. The molecule has 0 aromatic carbocycles. The van der Waals surface area contributed by atoms with Crippen LogP contribution in [0.25, 0.3) is 0 Å². The predicted molar refractivity (Wildman–Crippen MR) is 48.1 cm³/mol. The second-order valence-electron chi connectivity index (χ2n) is 3.76. The first-order chi connectivity index (χ1) is 4.54. The fourth-order valence-corrected chi connectivity index (χ4v) is 1.19. The van der Waals surface area contributed by atoms with E-state index in [0.717, 1.165) is 0 Å². The number of hydrogen-bond acceptors (Lipinski definition) is 0. The fraction of sp³-hybridized carbons (Fsp3) is 0.800. The van der Waals surface area contributed by atoms with E-state index in [1.807, 2.05) is 0 Å². The smallest absolute Gasteiger partial charge is 0.0213 e. The molecule has 60 valence electrons. The molecule has 0 aliphatic rings. The molecule has 0 amide bonds. The van der Waals surface area contributed by atoms with Gasteiger partial charge in [-0.1, -0.05) is 40.2 Å². The van der Waals surface area contributed by atoms with E-state index in [2.05, 4.69) is 40.3 Å². The van der Waals surface area contributed by atoms with E-state index < -0.39 is 0 Å². The molecular weight excluding hydrogens is 120 g/mol. The zero-order chi connectivity index (χ0) is 8.20. The summed E-state index contributed by atoms with van der Waals surface area (Å²) in [5.41, 5.74) is 0.441. The summed E-state index contributed by atoms with van der Waals surface area (Å²) >= 11 is 0. The summed E-state index contributed by atoms with van der Waals surface area (Å²) in [6.07, 6.45) is 4.61. The Labute approximate surface area is 65.3 Å². The Morgan fingerprint density at radius 2 is 2.00 bits per heavy atom. The molecule has 10 heavy (non-hydrogen) atoms. The van der Waals surface area contributed by atoms with Crippen LogP contribution in [0.2, 0.25) is 0 Å². The van der Waals surface area contributed by atoms with Crippen molar-refractivity contribution in [2.75, 3.05) is 0 Å². The molecule has 1 atom stereocenters. The van der Waals surface area contributed by atoms with E-state index in [1.165, 1.54) is 12.8 Å². The van der Waals surface area contributed by atoms with Gasteiger partial charge in [0.05, 0.1) is 0 Å². The summed E-state index contributed by atoms with van der Waals surface area (Å²) in [6.45, 7) is 12.9. The summed E-state index contributed by atoms with van der Waals surface area (Å²) in [7, 11) is 0. The second-order valence-corrected chi connectivity index (χ2v) is 3.76. The first kappa shape index (κ1) is 9.74. The Hall–Kier alpha value is -0.260. The average molecular weight is 140 g/mol. The third-order valence-electron chi connectivity index (χ3n) is 2.48. The maximum absolute atomic E-state index is 3.81. The molecule has 1 unspecified atom stereocenters. The summed E-state index contributed by atoms with van der Waals surface area (Å²) < 4.78 is 0. The third kappa shape index (κ3) is 2.55. The molecule has 0 fully saturated rings. The van der Waals surface area contributed by atoms with Crippen LogP contribution in [0.4, 0.5) is 0 Å². The van der Waals surface area contributed by atoms with Crippen molar-refractivity contribution in [2.24, 2.45) is 11.3 Å². The molecule has 0 aliphatic carbocycles. The first-order valence-corrected chi connectivity index (χ1v) is 4.17. The largest absolute Gasteiger partial charge is 0.103 e. The minimum Gasteiger partial charge on any atom is -0.103 e. The lowest BCUT2D eigenvalue weighted by atomic mass is 9.77. The lowest BCUT2D eigenvalue weighted by Crippen LogP contribution is -2.19. The van der Waals surface area contributed by atoms with Gasteiger partial charge in [-0.2, -0.15) is 0 Å². The van der Waals surface area contributed by atoms with Gasteiger partial charge < -0.3 is 0 Å². The lowest BCUT2D eigenvalue weighted by molar-refractivity contribution is 0.252. The molecule has 0 radical (unpaired) electrons. The highest BCUT2D eigenvalue weighted by atomic mass is 14.3. The van der Waals surface area contributed by atoms with Crippen molar-refractivity contribution in [3.63, 3.8) is 0 Å². The van der Waals surface area contributed by atoms with Crippen molar-refractivity contribution in [1.82, 2.24) is 0 Å². The van der Waals surface area contributed by atoms with Crippen LogP contribution in [0.1, 0.15) is 40.5 Å². The van der Waals surface area contributed by atoms with Crippen LogP contribution < -0.4 is 0 Å². The molecule has 0 saturated heterocycles. The number of rotatable bonds is 4. The van der Waals surface area contributed by atoms with Gasteiger partial charge in [0.2, 0.25) is 0 Å². The molecule has 0 aromatic heterocycles. The Kier molecular flexibility index (Phi) is 3.70. The Morgan fingerprint density at radius 1 is 1.50 bits per heavy atom. The molecule has 0 heteroatoms. The Morgan fingerprint density at radius 3 is 2.30 bits per heavy atom. The van der Waals surface area contributed by atoms with Gasteiger partial charge in [0.25, 0.3) is 0 Å². The number of allylic oxidation sites excluding steroid dienone is 1. The summed E-state index contributed by atoms with van der Waals surface area (Å²) in [6, 6.07) is 0. The normalized spacial score (nSPS) is 14.8. The molecule has 0 rings (SSSR count). The summed E-state index contributed by atoms with van der Waals surface area (Å²) in [5.74, 6) is 0.632. The van der Waals surface area contributed by atoms with Crippen LogP contribution in [0.15, 0.2) is 12.7 Å². The predicted octanol–water partition coefficient (Wildman–Crippen LogP) is 3.63. The van der Waals surface area contributed by atoms with Crippen LogP contribution in [-0.2, 0) is 0 Å². The second kappa shape index (κ2) is 3.80. The van der Waals surface area contributed by atoms with Crippen LogP contribution >= 0.6 is 0 Å². The first-order valence-electron chi connectivity index (χ1n) is 4.17. The van der Waals surface area contributed by atoms with Crippen LogP contribution in [0.3, 0.4) is 0 Å². The van der Waals surface area contributed by atoms with E-state index >= 15 is 0 Å². The van der Waals surface area contributed by atoms with E-state index in [9.17, 15) is 0 Å². The van der Waals surface area contributed by atoms with Gasteiger partial charge in [0.1, 0.15) is 0 Å². The summed E-state index contributed by atoms with van der Waals surface area (Å²) in [4.78, 5) is 0. The van der Waals surface area contributed by atoms with Crippen molar-refractivity contribution in [3.05, 3.63) is 12.7 Å². The van der Waals surface area contributed by atoms with Gasteiger partial charge in [-0.05, 0) is 17.8 Å².